The van der Waals surface area contributed by atoms with Crippen LogP contribution in [0.2, 0.25) is 0 Å². The molecule has 0 bridgehead atoms. The molecule has 1 heterocycles. The van der Waals surface area contributed by atoms with E-state index in [1.165, 1.54) is 10.7 Å². The van der Waals surface area contributed by atoms with Gasteiger partial charge in [0.05, 0.1) is 18.3 Å². The largest absolute Gasteiger partial charge is 0.493 e. The minimum absolute atomic E-state index is 0.0968. The van der Waals surface area contributed by atoms with Gasteiger partial charge in [-0.2, -0.15) is 5.10 Å². The highest BCUT2D eigenvalue weighted by atomic mass is 16.5. The summed E-state index contributed by atoms with van der Waals surface area (Å²) < 4.78 is 6.82. The van der Waals surface area contributed by atoms with E-state index in [1.54, 1.807) is 13.0 Å². The van der Waals surface area contributed by atoms with Gasteiger partial charge in [0.25, 0.3) is 5.56 Å². The van der Waals surface area contributed by atoms with Gasteiger partial charge < -0.3 is 10.1 Å². The summed E-state index contributed by atoms with van der Waals surface area (Å²) in [5.41, 5.74) is 1.37. The van der Waals surface area contributed by atoms with E-state index in [0.29, 0.717) is 18.2 Å². The number of carbonyl (C=O) groups excluding carboxylic acids is 1. The summed E-state index contributed by atoms with van der Waals surface area (Å²) in [6.07, 6.45) is 0. The topological polar surface area (TPSA) is 73.2 Å². The smallest absolute Gasteiger partial charge is 0.267 e. The lowest BCUT2D eigenvalue weighted by molar-refractivity contribution is -0.122. The lowest BCUT2D eigenvalue weighted by Crippen LogP contribution is -2.34. The Kier molecular flexibility index (Phi) is 6.33. The van der Waals surface area contributed by atoms with Gasteiger partial charge in [0.2, 0.25) is 5.91 Å². The maximum absolute atomic E-state index is 12.2. The Labute approximate surface area is 147 Å². The van der Waals surface area contributed by atoms with Crippen molar-refractivity contribution in [2.45, 2.75) is 40.3 Å². The summed E-state index contributed by atoms with van der Waals surface area (Å²) in [7, 11) is 0. The Morgan fingerprint density at radius 3 is 2.48 bits per heavy atom. The van der Waals surface area contributed by atoms with Gasteiger partial charge in [-0.15, -0.1) is 0 Å². The van der Waals surface area contributed by atoms with Crippen molar-refractivity contribution in [3.8, 4) is 5.75 Å². The normalized spacial score (nSPS) is 12.0. The number of carbonyl (C=O) groups is 1. The molecule has 6 heteroatoms. The second-order valence-corrected chi connectivity index (χ2v) is 6.53. The molecule has 2 rings (SSSR count). The number of aryl methyl sites for hydroxylation is 1. The van der Waals surface area contributed by atoms with Gasteiger partial charge in [-0.1, -0.05) is 26.0 Å². The number of hydrogen-bond donors (Lipinski definition) is 1. The molecule has 0 aliphatic carbocycles. The maximum Gasteiger partial charge on any atom is 0.267 e. The summed E-state index contributed by atoms with van der Waals surface area (Å²) >= 11 is 0. The third-order valence-electron chi connectivity index (χ3n) is 3.63. The average Bonchev–Trinajstić information content (AvgIpc) is 2.56. The van der Waals surface area contributed by atoms with Crippen molar-refractivity contribution in [3.63, 3.8) is 0 Å². The first kappa shape index (κ1) is 18.7. The van der Waals surface area contributed by atoms with Crippen molar-refractivity contribution in [1.29, 1.82) is 0 Å². The molecule has 0 saturated heterocycles. The fourth-order valence-electron chi connectivity index (χ4n) is 2.29. The van der Waals surface area contributed by atoms with E-state index in [2.05, 4.69) is 24.3 Å². The maximum atomic E-state index is 12.2. The quantitative estimate of drug-likeness (QED) is 0.838. The highest BCUT2D eigenvalue weighted by Gasteiger charge is 2.11. The van der Waals surface area contributed by atoms with Gasteiger partial charge in [0.15, 0.2) is 0 Å². The van der Waals surface area contributed by atoms with Gasteiger partial charge in [-0.25, -0.2) is 4.68 Å². The van der Waals surface area contributed by atoms with Crippen LogP contribution in [0.5, 0.6) is 5.75 Å². The van der Waals surface area contributed by atoms with Crippen molar-refractivity contribution in [3.05, 3.63) is 58.0 Å². The standard InChI is InChI=1S/C19H25N3O3/c1-13(2)12-25-17-8-6-16(7-9-17)15(4)20-18(23)11-22-19(24)10-5-14(3)21-22/h5-10,13,15H,11-12H2,1-4H3,(H,20,23). The molecule has 1 atom stereocenters. The molecule has 2 aromatic rings. The van der Waals surface area contributed by atoms with Crippen molar-refractivity contribution < 1.29 is 9.53 Å². The van der Waals surface area contributed by atoms with E-state index in [-0.39, 0.29) is 24.1 Å². The number of benzene rings is 1. The Morgan fingerprint density at radius 2 is 1.84 bits per heavy atom. The van der Waals surface area contributed by atoms with Crippen LogP contribution < -0.4 is 15.6 Å². The van der Waals surface area contributed by atoms with Crippen LogP contribution in [0.15, 0.2) is 41.2 Å². The predicted molar refractivity (Wildman–Crippen MR) is 96.6 cm³/mol. The SMILES string of the molecule is Cc1ccc(=O)n(CC(=O)NC(C)c2ccc(OCC(C)C)cc2)n1. The fourth-order valence-corrected chi connectivity index (χ4v) is 2.29. The molecule has 0 radical (unpaired) electrons. The minimum Gasteiger partial charge on any atom is -0.493 e. The minimum atomic E-state index is -0.292. The van der Waals surface area contributed by atoms with Crippen molar-refractivity contribution in [2.75, 3.05) is 6.61 Å². The number of amides is 1. The predicted octanol–water partition coefficient (Wildman–Crippen LogP) is 2.46. The highest BCUT2D eigenvalue weighted by molar-refractivity contribution is 5.76. The van der Waals surface area contributed by atoms with E-state index >= 15 is 0 Å². The second-order valence-electron chi connectivity index (χ2n) is 6.53. The zero-order valence-electron chi connectivity index (χ0n) is 15.2. The summed E-state index contributed by atoms with van der Waals surface area (Å²) in [6.45, 7) is 8.44. The van der Waals surface area contributed by atoms with E-state index in [0.717, 1.165) is 11.3 Å². The van der Waals surface area contributed by atoms with Crippen LogP contribution >= 0.6 is 0 Å². The molecule has 6 nitrogen and oxygen atoms in total. The van der Waals surface area contributed by atoms with Crippen LogP contribution in [0.3, 0.4) is 0 Å². The summed E-state index contributed by atoms with van der Waals surface area (Å²) in [4.78, 5) is 23.9. The molecular weight excluding hydrogens is 318 g/mol. The Bertz CT molecular complexity index is 766. The molecule has 0 aliphatic heterocycles. The van der Waals surface area contributed by atoms with Crippen LogP contribution in [0, 0.1) is 12.8 Å². The number of ether oxygens (including phenoxy) is 1. The summed E-state index contributed by atoms with van der Waals surface area (Å²) in [6, 6.07) is 10.5. The first-order chi connectivity index (χ1) is 11.8. The Morgan fingerprint density at radius 1 is 1.16 bits per heavy atom. The number of nitrogens with zero attached hydrogens (tertiary/aromatic N) is 2. The van der Waals surface area contributed by atoms with Crippen LogP contribution in [0.1, 0.15) is 38.1 Å². The third kappa shape index (κ3) is 5.74. The number of nitrogens with one attached hydrogen (secondary N) is 1. The molecule has 0 aliphatic rings. The van der Waals surface area contributed by atoms with Crippen LogP contribution in [0.4, 0.5) is 0 Å². The molecule has 25 heavy (non-hydrogen) atoms. The molecule has 1 N–H and O–H groups in total. The van der Waals surface area contributed by atoms with E-state index < -0.39 is 0 Å². The molecule has 134 valence electrons. The lowest BCUT2D eigenvalue weighted by Gasteiger charge is -2.16. The van der Waals surface area contributed by atoms with Gasteiger partial charge in [-0.3, -0.25) is 9.59 Å². The van der Waals surface area contributed by atoms with Gasteiger partial charge >= 0.3 is 0 Å². The average molecular weight is 343 g/mol. The Hall–Kier alpha value is -2.63. The summed E-state index contributed by atoms with van der Waals surface area (Å²) in [5, 5.41) is 6.95. The fraction of sp³-hybridized carbons (Fsp3) is 0.421. The molecular formula is C19H25N3O3. The molecule has 0 spiro atoms. The molecule has 1 unspecified atom stereocenters. The van der Waals surface area contributed by atoms with Gasteiger partial charge in [0, 0.05) is 6.07 Å². The Balaban J connectivity index is 1.94. The van der Waals surface area contributed by atoms with Crippen LogP contribution in [-0.2, 0) is 11.3 Å². The monoisotopic (exact) mass is 343 g/mol. The van der Waals surface area contributed by atoms with E-state index in [4.69, 9.17) is 4.74 Å². The third-order valence-corrected chi connectivity index (χ3v) is 3.63. The number of aromatic nitrogens is 2. The molecule has 1 amide bonds. The summed E-state index contributed by atoms with van der Waals surface area (Å²) in [5.74, 6) is 1.02. The van der Waals surface area contributed by atoms with Crippen molar-refractivity contribution in [1.82, 2.24) is 15.1 Å². The van der Waals surface area contributed by atoms with Crippen molar-refractivity contribution >= 4 is 5.91 Å². The van der Waals surface area contributed by atoms with E-state index in [9.17, 15) is 9.59 Å². The van der Waals surface area contributed by atoms with Crippen molar-refractivity contribution in [2.24, 2.45) is 5.92 Å². The van der Waals surface area contributed by atoms with Gasteiger partial charge in [0.1, 0.15) is 12.3 Å². The lowest BCUT2D eigenvalue weighted by atomic mass is 10.1. The molecule has 0 saturated carbocycles. The zero-order valence-corrected chi connectivity index (χ0v) is 15.2. The highest BCUT2D eigenvalue weighted by Crippen LogP contribution is 2.18. The zero-order chi connectivity index (χ0) is 18.4. The van der Waals surface area contributed by atoms with Crippen LogP contribution in [-0.4, -0.2) is 22.3 Å². The van der Waals surface area contributed by atoms with Crippen LogP contribution in [0.25, 0.3) is 0 Å². The second kappa shape index (κ2) is 8.46. The number of hydrogen-bond acceptors (Lipinski definition) is 4. The molecule has 1 aromatic heterocycles. The molecule has 1 aromatic carbocycles. The van der Waals surface area contributed by atoms with E-state index in [1.807, 2.05) is 31.2 Å². The molecule has 0 fully saturated rings. The number of rotatable bonds is 7. The first-order valence-electron chi connectivity index (χ1n) is 8.42. The first-order valence-corrected chi connectivity index (χ1v) is 8.42. The van der Waals surface area contributed by atoms with Gasteiger partial charge in [-0.05, 0) is 43.5 Å².